The number of halogens is 1. The maximum absolute atomic E-state index is 6.27. The fourth-order valence-corrected chi connectivity index (χ4v) is 2.48. The summed E-state index contributed by atoms with van der Waals surface area (Å²) in [5.74, 6) is 1.58. The van der Waals surface area contributed by atoms with Gasteiger partial charge in [-0.05, 0) is 68.1 Å². The van der Waals surface area contributed by atoms with Crippen molar-refractivity contribution in [3.63, 3.8) is 0 Å². The average molecular weight is 290 g/mol. The Morgan fingerprint density at radius 3 is 2.25 bits per heavy atom. The standard InChI is InChI=1S/C17H20ClNO/c1-11-6-12(2)8-16(7-11)20-15-5-4-14(9-13(3)19)17(18)10-15/h4-8,10,13H,9,19H2,1-3H3. The van der Waals surface area contributed by atoms with Crippen LogP contribution >= 0.6 is 11.6 Å². The van der Waals surface area contributed by atoms with Crippen molar-refractivity contribution in [2.24, 2.45) is 5.73 Å². The average Bonchev–Trinajstić information content (AvgIpc) is 2.31. The third-order valence-corrected chi connectivity index (χ3v) is 3.35. The van der Waals surface area contributed by atoms with E-state index in [1.54, 1.807) is 0 Å². The molecule has 0 fully saturated rings. The Hall–Kier alpha value is -1.51. The van der Waals surface area contributed by atoms with Crippen LogP contribution in [0.2, 0.25) is 5.02 Å². The Bertz CT molecular complexity index is 588. The van der Waals surface area contributed by atoms with E-state index in [0.717, 1.165) is 23.5 Å². The summed E-state index contributed by atoms with van der Waals surface area (Å²) < 4.78 is 5.87. The third kappa shape index (κ3) is 3.99. The Labute approximate surface area is 125 Å². The fourth-order valence-electron chi connectivity index (χ4n) is 2.23. The van der Waals surface area contributed by atoms with Crippen LogP contribution in [0.3, 0.4) is 0 Å². The molecule has 0 amide bonds. The highest BCUT2D eigenvalue weighted by molar-refractivity contribution is 6.31. The van der Waals surface area contributed by atoms with Crippen LogP contribution in [0.1, 0.15) is 23.6 Å². The van der Waals surface area contributed by atoms with Crippen molar-refractivity contribution in [1.82, 2.24) is 0 Å². The highest BCUT2D eigenvalue weighted by Crippen LogP contribution is 2.28. The second-order valence-electron chi connectivity index (χ2n) is 5.36. The van der Waals surface area contributed by atoms with Crippen LogP contribution in [0.15, 0.2) is 36.4 Å². The lowest BCUT2D eigenvalue weighted by atomic mass is 10.1. The smallest absolute Gasteiger partial charge is 0.128 e. The van der Waals surface area contributed by atoms with E-state index >= 15 is 0 Å². The molecule has 0 heterocycles. The number of ether oxygens (including phenoxy) is 1. The minimum atomic E-state index is 0.0960. The van der Waals surface area contributed by atoms with Crippen LogP contribution in [-0.2, 0) is 6.42 Å². The molecule has 0 aromatic heterocycles. The second-order valence-corrected chi connectivity index (χ2v) is 5.77. The summed E-state index contributed by atoms with van der Waals surface area (Å²) in [6.45, 7) is 6.08. The summed E-state index contributed by atoms with van der Waals surface area (Å²) in [6, 6.07) is 12.0. The first kappa shape index (κ1) is 14.9. The zero-order chi connectivity index (χ0) is 14.7. The molecule has 2 nitrogen and oxygen atoms in total. The van der Waals surface area contributed by atoms with Crippen LogP contribution in [0.25, 0.3) is 0 Å². The molecule has 0 aliphatic rings. The van der Waals surface area contributed by atoms with Crippen molar-refractivity contribution in [1.29, 1.82) is 0 Å². The summed E-state index contributed by atoms with van der Waals surface area (Å²) >= 11 is 6.27. The lowest BCUT2D eigenvalue weighted by Gasteiger charge is -2.11. The van der Waals surface area contributed by atoms with Crippen molar-refractivity contribution >= 4 is 11.6 Å². The molecule has 0 radical (unpaired) electrons. The predicted octanol–water partition coefficient (Wildman–Crippen LogP) is 4.64. The molecule has 2 aromatic rings. The Balaban J connectivity index is 2.19. The highest BCUT2D eigenvalue weighted by Gasteiger charge is 2.06. The molecule has 0 spiro atoms. The summed E-state index contributed by atoms with van der Waals surface area (Å²) in [6.07, 6.45) is 0.767. The molecular weight excluding hydrogens is 270 g/mol. The molecule has 2 rings (SSSR count). The molecule has 1 atom stereocenters. The largest absolute Gasteiger partial charge is 0.457 e. The number of aryl methyl sites for hydroxylation is 2. The predicted molar refractivity (Wildman–Crippen MR) is 84.8 cm³/mol. The second kappa shape index (κ2) is 6.29. The molecule has 0 aliphatic carbocycles. The molecule has 2 aromatic carbocycles. The summed E-state index contributed by atoms with van der Waals surface area (Å²) in [5, 5.41) is 0.698. The molecule has 1 unspecified atom stereocenters. The van der Waals surface area contributed by atoms with Gasteiger partial charge >= 0.3 is 0 Å². The molecule has 3 heteroatoms. The zero-order valence-corrected chi connectivity index (χ0v) is 12.9. The molecular formula is C17H20ClNO. The lowest BCUT2D eigenvalue weighted by Crippen LogP contribution is -2.17. The van der Waals surface area contributed by atoms with E-state index in [9.17, 15) is 0 Å². The van der Waals surface area contributed by atoms with Gasteiger partial charge in [0.15, 0.2) is 0 Å². The van der Waals surface area contributed by atoms with E-state index in [4.69, 9.17) is 22.1 Å². The summed E-state index contributed by atoms with van der Waals surface area (Å²) in [4.78, 5) is 0. The maximum Gasteiger partial charge on any atom is 0.128 e. The summed E-state index contributed by atoms with van der Waals surface area (Å²) in [7, 11) is 0. The van der Waals surface area contributed by atoms with Crippen LogP contribution < -0.4 is 10.5 Å². The molecule has 0 saturated carbocycles. The van der Waals surface area contributed by atoms with Crippen molar-refractivity contribution in [2.45, 2.75) is 33.2 Å². The molecule has 0 bridgehead atoms. The Morgan fingerprint density at radius 2 is 1.70 bits per heavy atom. The fraction of sp³-hybridized carbons (Fsp3) is 0.294. The van der Waals surface area contributed by atoms with Gasteiger partial charge in [-0.15, -0.1) is 0 Å². The van der Waals surface area contributed by atoms with Gasteiger partial charge in [-0.2, -0.15) is 0 Å². The van der Waals surface area contributed by atoms with Gasteiger partial charge in [-0.25, -0.2) is 0 Å². The van der Waals surface area contributed by atoms with E-state index < -0.39 is 0 Å². The SMILES string of the molecule is Cc1cc(C)cc(Oc2ccc(CC(C)N)c(Cl)c2)c1. The lowest BCUT2D eigenvalue weighted by molar-refractivity contribution is 0.481. The van der Waals surface area contributed by atoms with E-state index in [1.807, 2.05) is 37.3 Å². The van der Waals surface area contributed by atoms with Gasteiger partial charge < -0.3 is 10.5 Å². The number of hydrogen-bond acceptors (Lipinski definition) is 2. The van der Waals surface area contributed by atoms with Crippen molar-refractivity contribution in [2.75, 3.05) is 0 Å². The molecule has 106 valence electrons. The highest BCUT2D eigenvalue weighted by atomic mass is 35.5. The number of rotatable bonds is 4. The van der Waals surface area contributed by atoms with E-state index in [-0.39, 0.29) is 6.04 Å². The van der Waals surface area contributed by atoms with Crippen LogP contribution in [0.5, 0.6) is 11.5 Å². The van der Waals surface area contributed by atoms with Crippen LogP contribution in [0, 0.1) is 13.8 Å². The van der Waals surface area contributed by atoms with E-state index in [2.05, 4.69) is 19.9 Å². The quantitative estimate of drug-likeness (QED) is 0.890. The van der Waals surface area contributed by atoms with Gasteiger partial charge in [0.1, 0.15) is 11.5 Å². The van der Waals surface area contributed by atoms with Crippen molar-refractivity contribution in [3.8, 4) is 11.5 Å². The minimum Gasteiger partial charge on any atom is -0.457 e. The minimum absolute atomic E-state index is 0.0960. The van der Waals surface area contributed by atoms with Crippen molar-refractivity contribution in [3.05, 3.63) is 58.1 Å². The molecule has 0 aliphatic heterocycles. The van der Waals surface area contributed by atoms with Crippen LogP contribution in [-0.4, -0.2) is 6.04 Å². The first-order valence-corrected chi connectivity index (χ1v) is 7.12. The van der Waals surface area contributed by atoms with Crippen molar-refractivity contribution < 1.29 is 4.74 Å². The third-order valence-electron chi connectivity index (χ3n) is 3.00. The molecule has 20 heavy (non-hydrogen) atoms. The summed E-state index contributed by atoms with van der Waals surface area (Å²) in [5.41, 5.74) is 9.21. The number of hydrogen-bond donors (Lipinski definition) is 1. The maximum atomic E-state index is 6.27. The van der Waals surface area contributed by atoms with E-state index in [0.29, 0.717) is 5.02 Å². The first-order chi connectivity index (χ1) is 9.44. The monoisotopic (exact) mass is 289 g/mol. The molecule has 2 N–H and O–H groups in total. The molecule has 0 saturated heterocycles. The topological polar surface area (TPSA) is 35.2 Å². The van der Waals surface area contributed by atoms with Gasteiger partial charge in [0, 0.05) is 11.1 Å². The number of nitrogens with two attached hydrogens (primary N) is 1. The normalized spacial score (nSPS) is 12.2. The zero-order valence-electron chi connectivity index (χ0n) is 12.1. The first-order valence-electron chi connectivity index (χ1n) is 6.74. The number of benzene rings is 2. The Morgan fingerprint density at radius 1 is 1.05 bits per heavy atom. The van der Waals surface area contributed by atoms with Gasteiger partial charge in [0.05, 0.1) is 0 Å². The van der Waals surface area contributed by atoms with Crippen LogP contribution in [0.4, 0.5) is 0 Å². The van der Waals surface area contributed by atoms with Gasteiger partial charge in [0.25, 0.3) is 0 Å². The van der Waals surface area contributed by atoms with Gasteiger partial charge in [0.2, 0.25) is 0 Å². The van der Waals surface area contributed by atoms with Gasteiger partial charge in [-0.1, -0.05) is 23.7 Å². The van der Waals surface area contributed by atoms with E-state index in [1.165, 1.54) is 11.1 Å². The Kier molecular flexibility index (Phi) is 4.69. The van der Waals surface area contributed by atoms with Gasteiger partial charge in [-0.3, -0.25) is 0 Å².